The van der Waals surface area contributed by atoms with Crippen LogP contribution in [0.25, 0.3) is 0 Å². The summed E-state index contributed by atoms with van der Waals surface area (Å²) in [7, 11) is 1.59. The summed E-state index contributed by atoms with van der Waals surface area (Å²) in [6.45, 7) is 1.75. The molecule has 0 aliphatic carbocycles. The van der Waals surface area contributed by atoms with Crippen molar-refractivity contribution in [1.82, 2.24) is 5.32 Å². The van der Waals surface area contributed by atoms with Crippen molar-refractivity contribution in [1.29, 1.82) is 0 Å². The first-order valence-corrected chi connectivity index (χ1v) is 8.84. The summed E-state index contributed by atoms with van der Waals surface area (Å²) in [5.74, 6) is -0.277. The molecule has 2 aromatic rings. The molecule has 2 aromatic carbocycles. The van der Waals surface area contributed by atoms with Gasteiger partial charge in [-0.3, -0.25) is 14.4 Å². The van der Waals surface area contributed by atoms with Crippen molar-refractivity contribution in [3.8, 4) is 11.5 Å². The Morgan fingerprint density at radius 3 is 2.39 bits per heavy atom. The molecule has 1 N–H and O–H groups in total. The number of nitrogens with one attached hydrogen (secondary N) is 1. The summed E-state index contributed by atoms with van der Waals surface area (Å²) in [6.07, 6.45) is 0.616. The zero-order valence-electron chi connectivity index (χ0n) is 15.9. The summed E-state index contributed by atoms with van der Waals surface area (Å²) in [5.41, 5.74) is 1.13. The molecule has 0 radical (unpaired) electrons. The molecule has 0 aliphatic rings. The van der Waals surface area contributed by atoms with Gasteiger partial charge in [0.2, 0.25) is 0 Å². The molecule has 0 heterocycles. The van der Waals surface area contributed by atoms with Crippen LogP contribution < -0.4 is 14.8 Å². The monoisotopic (exact) mass is 385 g/mol. The molecule has 28 heavy (non-hydrogen) atoms. The normalized spacial score (nSPS) is 10.1. The van der Waals surface area contributed by atoms with Crippen LogP contribution in [0.3, 0.4) is 0 Å². The maximum atomic E-state index is 12.2. The van der Waals surface area contributed by atoms with E-state index < -0.39 is 5.97 Å². The average molecular weight is 385 g/mol. The fourth-order valence-electron chi connectivity index (χ4n) is 2.39. The standard InChI is InChI=1S/C21H23NO6/c1-15(23)28-19-7-4-3-6-18(19)21(25)22-13-5-8-20(24)27-14-16-9-11-17(26-2)12-10-16/h3-4,6-7,9-12H,5,8,13-14H2,1-2H3,(H,22,25). The van der Waals surface area contributed by atoms with Crippen LogP contribution in [-0.2, 0) is 20.9 Å². The molecule has 1 amide bonds. The largest absolute Gasteiger partial charge is 0.497 e. The van der Waals surface area contributed by atoms with Gasteiger partial charge in [-0.25, -0.2) is 0 Å². The van der Waals surface area contributed by atoms with Crippen LogP contribution in [0, 0.1) is 0 Å². The van der Waals surface area contributed by atoms with Crippen LogP contribution in [-0.4, -0.2) is 31.5 Å². The number of amides is 1. The molecule has 0 aromatic heterocycles. The Hall–Kier alpha value is -3.35. The van der Waals surface area contributed by atoms with Crippen LogP contribution in [0.15, 0.2) is 48.5 Å². The van der Waals surface area contributed by atoms with E-state index in [9.17, 15) is 14.4 Å². The molecule has 0 atom stereocenters. The van der Waals surface area contributed by atoms with Gasteiger partial charge in [-0.15, -0.1) is 0 Å². The minimum atomic E-state index is -0.500. The third-order valence-corrected chi connectivity index (χ3v) is 3.79. The number of rotatable bonds is 9. The SMILES string of the molecule is COc1ccc(COC(=O)CCCNC(=O)c2ccccc2OC(C)=O)cc1. The Kier molecular flexibility index (Phi) is 8.02. The van der Waals surface area contributed by atoms with Crippen molar-refractivity contribution in [3.63, 3.8) is 0 Å². The van der Waals surface area contributed by atoms with E-state index >= 15 is 0 Å². The number of hydrogen-bond acceptors (Lipinski definition) is 6. The van der Waals surface area contributed by atoms with Gasteiger partial charge in [0.25, 0.3) is 5.91 Å². The van der Waals surface area contributed by atoms with E-state index in [1.807, 2.05) is 12.1 Å². The van der Waals surface area contributed by atoms with Crippen molar-refractivity contribution in [2.24, 2.45) is 0 Å². The third-order valence-electron chi connectivity index (χ3n) is 3.79. The maximum absolute atomic E-state index is 12.2. The maximum Gasteiger partial charge on any atom is 0.308 e. The Morgan fingerprint density at radius 2 is 1.71 bits per heavy atom. The van der Waals surface area contributed by atoms with Gasteiger partial charge in [0.15, 0.2) is 0 Å². The van der Waals surface area contributed by atoms with Crippen LogP contribution in [0.5, 0.6) is 11.5 Å². The van der Waals surface area contributed by atoms with Gasteiger partial charge in [-0.1, -0.05) is 24.3 Å². The van der Waals surface area contributed by atoms with E-state index in [0.717, 1.165) is 11.3 Å². The molecule has 7 nitrogen and oxygen atoms in total. The number of benzene rings is 2. The van der Waals surface area contributed by atoms with Crippen LogP contribution >= 0.6 is 0 Å². The number of esters is 2. The first-order valence-electron chi connectivity index (χ1n) is 8.84. The number of carbonyl (C=O) groups excluding carboxylic acids is 3. The average Bonchev–Trinajstić information content (AvgIpc) is 2.70. The highest BCUT2D eigenvalue weighted by Gasteiger charge is 2.13. The molecule has 148 valence electrons. The van der Waals surface area contributed by atoms with Crippen LogP contribution in [0.1, 0.15) is 35.7 Å². The highest BCUT2D eigenvalue weighted by molar-refractivity contribution is 5.97. The smallest absolute Gasteiger partial charge is 0.308 e. The second-order valence-electron chi connectivity index (χ2n) is 5.96. The first kappa shape index (κ1) is 21.0. The van der Waals surface area contributed by atoms with Crippen molar-refractivity contribution in [3.05, 3.63) is 59.7 Å². The molecular formula is C21H23NO6. The lowest BCUT2D eigenvalue weighted by atomic mass is 10.2. The Labute approximate surface area is 163 Å². The van der Waals surface area contributed by atoms with Gasteiger partial charge in [0.1, 0.15) is 18.1 Å². The molecule has 0 aliphatic heterocycles. The Bertz CT molecular complexity index is 816. The number of carbonyl (C=O) groups is 3. The van der Waals surface area contributed by atoms with Crippen molar-refractivity contribution in [2.75, 3.05) is 13.7 Å². The lowest BCUT2D eigenvalue weighted by Crippen LogP contribution is -2.25. The Balaban J connectivity index is 1.71. The minimum Gasteiger partial charge on any atom is -0.497 e. The van der Waals surface area contributed by atoms with Gasteiger partial charge >= 0.3 is 11.9 Å². The number of hydrogen-bond donors (Lipinski definition) is 1. The lowest BCUT2D eigenvalue weighted by molar-refractivity contribution is -0.145. The highest BCUT2D eigenvalue weighted by Crippen LogP contribution is 2.18. The minimum absolute atomic E-state index is 0.183. The first-order chi connectivity index (χ1) is 13.5. The predicted octanol–water partition coefficient (Wildman–Crippen LogP) is 2.87. The molecule has 0 saturated heterocycles. The number of ether oxygens (including phenoxy) is 3. The number of methoxy groups -OCH3 is 1. The number of para-hydroxylation sites is 1. The highest BCUT2D eigenvalue weighted by atomic mass is 16.5. The van der Waals surface area contributed by atoms with Gasteiger partial charge < -0.3 is 19.5 Å². The second-order valence-corrected chi connectivity index (χ2v) is 5.96. The summed E-state index contributed by atoms with van der Waals surface area (Å²) in [5, 5.41) is 2.70. The molecule has 2 rings (SSSR count). The Morgan fingerprint density at radius 1 is 1.00 bits per heavy atom. The van der Waals surface area contributed by atoms with E-state index in [1.165, 1.54) is 6.92 Å². The summed E-state index contributed by atoms with van der Waals surface area (Å²) < 4.78 is 15.3. The lowest BCUT2D eigenvalue weighted by Gasteiger charge is -2.09. The molecule has 0 saturated carbocycles. The second kappa shape index (κ2) is 10.7. The van der Waals surface area contributed by atoms with E-state index in [2.05, 4.69) is 5.32 Å². The predicted molar refractivity (Wildman–Crippen MR) is 102 cm³/mol. The zero-order valence-corrected chi connectivity index (χ0v) is 15.9. The fourth-order valence-corrected chi connectivity index (χ4v) is 2.39. The van der Waals surface area contributed by atoms with E-state index in [1.54, 1.807) is 43.5 Å². The summed E-state index contributed by atoms with van der Waals surface area (Å²) in [4.78, 5) is 35.1. The summed E-state index contributed by atoms with van der Waals surface area (Å²) >= 11 is 0. The molecule has 0 fully saturated rings. The third kappa shape index (κ3) is 6.75. The molecule has 0 spiro atoms. The van der Waals surface area contributed by atoms with Gasteiger partial charge in [0.05, 0.1) is 12.7 Å². The molecule has 0 bridgehead atoms. The van der Waals surface area contributed by atoms with Gasteiger partial charge in [0, 0.05) is 19.9 Å². The van der Waals surface area contributed by atoms with Crippen molar-refractivity contribution >= 4 is 17.8 Å². The summed E-state index contributed by atoms with van der Waals surface area (Å²) in [6, 6.07) is 13.7. The van der Waals surface area contributed by atoms with Crippen molar-refractivity contribution < 1.29 is 28.6 Å². The quantitative estimate of drug-likeness (QED) is 0.405. The van der Waals surface area contributed by atoms with E-state index in [4.69, 9.17) is 14.2 Å². The van der Waals surface area contributed by atoms with Gasteiger partial charge in [-0.2, -0.15) is 0 Å². The van der Waals surface area contributed by atoms with E-state index in [0.29, 0.717) is 13.0 Å². The van der Waals surface area contributed by atoms with Crippen LogP contribution in [0.4, 0.5) is 0 Å². The molecular weight excluding hydrogens is 362 g/mol. The van der Waals surface area contributed by atoms with Crippen molar-refractivity contribution in [2.45, 2.75) is 26.4 Å². The fraction of sp³-hybridized carbons (Fsp3) is 0.286. The van der Waals surface area contributed by atoms with E-state index in [-0.39, 0.29) is 36.2 Å². The molecule has 7 heteroatoms. The molecule has 0 unspecified atom stereocenters. The van der Waals surface area contributed by atoms with Gasteiger partial charge in [-0.05, 0) is 36.2 Å². The topological polar surface area (TPSA) is 90.9 Å². The van der Waals surface area contributed by atoms with Crippen LogP contribution in [0.2, 0.25) is 0 Å². The zero-order chi connectivity index (χ0) is 20.4.